The van der Waals surface area contributed by atoms with Crippen LogP contribution in [-0.4, -0.2) is 24.0 Å². The predicted molar refractivity (Wildman–Crippen MR) is 129 cm³/mol. The number of esters is 1. The Morgan fingerprint density at radius 3 is 2.06 bits per heavy atom. The molecule has 0 saturated carbocycles. The van der Waals surface area contributed by atoms with Crippen molar-refractivity contribution >= 4 is 23.3 Å². The average molecular weight is 436 g/mol. The number of allylic oxidation sites excluding steroid dienone is 1. The third-order valence-electron chi connectivity index (χ3n) is 5.66. The summed E-state index contributed by atoms with van der Waals surface area (Å²) in [6, 6.07) is 13.9. The van der Waals surface area contributed by atoms with Crippen molar-refractivity contribution in [1.82, 2.24) is 5.43 Å². The SMILES string of the molecule is CC(=O)N1NC(=C(C)C)c2cc(-c3ccc(C(C)(CN)C(=O)OC(C)(C)C)cc3)ccc21. The van der Waals surface area contributed by atoms with Crippen LogP contribution in [0.1, 0.15) is 59.6 Å². The molecule has 0 aliphatic carbocycles. The number of anilines is 1. The third kappa shape index (κ3) is 4.41. The van der Waals surface area contributed by atoms with Crippen LogP contribution in [0.4, 0.5) is 5.69 Å². The van der Waals surface area contributed by atoms with E-state index in [1.807, 2.05) is 77.9 Å². The van der Waals surface area contributed by atoms with Gasteiger partial charge in [-0.3, -0.25) is 15.0 Å². The summed E-state index contributed by atoms with van der Waals surface area (Å²) in [6.45, 7) is 13.1. The Morgan fingerprint density at radius 1 is 0.969 bits per heavy atom. The van der Waals surface area contributed by atoms with Crippen LogP contribution in [0.3, 0.4) is 0 Å². The fourth-order valence-corrected chi connectivity index (χ4v) is 3.71. The summed E-state index contributed by atoms with van der Waals surface area (Å²) in [5, 5.41) is 1.57. The number of carbonyl (C=O) groups excluding carboxylic acids is 2. The number of rotatable bonds is 4. The number of carbonyl (C=O) groups is 2. The van der Waals surface area contributed by atoms with Gasteiger partial charge in [0, 0.05) is 19.0 Å². The summed E-state index contributed by atoms with van der Waals surface area (Å²) < 4.78 is 5.61. The molecule has 3 rings (SSSR count). The molecule has 3 N–H and O–H groups in total. The van der Waals surface area contributed by atoms with Crippen LogP contribution in [0, 0.1) is 0 Å². The molecule has 0 saturated heterocycles. The Labute approximate surface area is 190 Å². The van der Waals surface area contributed by atoms with Crippen molar-refractivity contribution in [2.24, 2.45) is 5.73 Å². The minimum absolute atomic E-state index is 0.0668. The first kappa shape index (κ1) is 23.5. The van der Waals surface area contributed by atoms with Crippen LogP contribution in [0.25, 0.3) is 16.8 Å². The average Bonchev–Trinajstić information content (AvgIpc) is 3.11. The van der Waals surface area contributed by atoms with E-state index >= 15 is 0 Å². The van der Waals surface area contributed by atoms with Gasteiger partial charge in [0.15, 0.2) is 0 Å². The number of nitrogens with zero attached hydrogens (tertiary/aromatic N) is 1. The number of fused-ring (bicyclic) bond motifs is 1. The highest BCUT2D eigenvalue weighted by Gasteiger charge is 2.37. The zero-order valence-electron chi connectivity index (χ0n) is 20.0. The quantitative estimate of drug-likeness (QED) is 0.689. The third-order valence-corrected chi connectivity index (χ3v) is 5.66. The van der Waals surface area contributed by atoms with E-state index in [4.69, 9.17) is 10.5 Å². The molecule has 1 aliphatic heterocycles. The van der Waals surface area contributed by atoms with Gasteiger partial charge in [0.25, 0.3) is 0 Å². The normalized spacial score (nSPS) is 15.0. The minimum atomic E-state index is -0.926. The Morgan fingerprint density at radius 2 is 1.56 bits per heavy atom. The lowest BCUT2D eigenvalue weighted by Crippen LogP contribution is -2.44. The summed E-state index contributed by atoms with van der Waals surface area (Å²) in [6.07, 6.45) is 0. The molecule has 2 aromatic carbocycles. The van der Waals surface area contributed by atoms with Crippen molar-refractivity contribution in [2.45, 2.75) is 59.5 Å². The molecule has 1 aliphatic rings. The molecular formula is C26H33N3O3. The molecule has 0 spiro atoms. The Bertz CT molecular complexity index is 1080. The first-order chi connectivity index (χ1) is 14.9. The minimum Gasteiger partial charge on any atom is -0.459 e. The van der Waals surface area contributed by atoms with Crippen LogP contribution in [0.2, 0.25) is 0 Å². The van der Waals surface area contributed by atoms with Gasteiger partial charge >= 0.3 is 5.97 Å². The number of hydrogen-bond acceptors (Lipinski definition) is 5. The van der Waals surface area contributed by atoms with Crippen molar-refractivity contribution in [3.8, 4) is 11.1 Å². The molecular weight excluding hydrogens is 402 g/mol. The maximum absolute atomic E-state index is 12.8. The molecule has 2 aromatic rings. The summed E-state index contributed by atoms with van der Waals surface area (Å²) in [4.78, 5) is 24.9. The maximum atomic E-state index is 12.8. The fourth-order valence-electron chi connectivity index (χ4n) is 3.71. The zero-order valence-corrected chi connectivity index (χ0v) is 20.0. The number of benzene rings is 2. The lowest BCUT2D eigenvalue weighted by Gasteiger charge is -2.31. The van der Waals surface area contributed by atoms with Gasteiger partial charge in [-0.15, -0.1) is 0 Å². The molecule has 0 aromatic heterocycles. The zero-order chi connectivity index (χ0) is 23.8. The van der Waals surface area contributed by atoms with E-state index in [0.717, 1.165) is 39.2 Å². The predicted octanol–water partition coefficient (Wildman–Crippen LogP) is 4.53. The van der Waals surface area contributed by atoms with Crippen LogP contribution < -0.4 is 16.2 Å². The van der Waals surface area contributed by atoms with Crippen molar-refractivity contribution < 1.29 is 14.3 Å². The molecule has 0 radical (unpaired) electrons. The smallest absolute Gasteiger partial charge is 0.318 e. The van der Waals surface area contributed by atoms with Crippen LogP contribution in [-0.2, 0) is 19.7 Å². The fraction of sp³-hybridized carbons (Fsp3) is 0.385. The molecule has 1 heterocycles. The molecule has 1 atom stereocenters. The summed E-state index contributed by atoms with van der Waals surface area (Å²) in [7, 11) is 0. The number of nitrogens with two attached hydrogens (primary N) is 1. The second-order valence-electron chi connectivity index (χ2n) is 9.69. The van der Waals surface area contributed by atoms with Crippen molar-refractivity contribution in [1.29, 1.82) is 0 Å². The van der Waals surface area contributed by atoms with E-state index in [-0.39, 0.29) is 18.4 Å². The molecule has 1 unspecified atom stereocenters. The van der Waals surface area contributed by atoms with Gasteiger partial charge in [-0.25, -0.2) is 5.01 Å². The maximum Gasteiger partial charge on any atom is 0.318 e. The summed E-state index contributed by atoms with van der Waals surface area (Å²) in [5.41, 5.74) is 14.4. The molecule has 6 nitrogen and oxygen atoms in total. The van der Waals surface area contributed by atoms with Crippen LogP contribution in [0.15, 0.2) is 48.0 Å². The highest BCUT2D eigenvalue weighted by molar-refractivity contribution is 6.00. The van der Waals surface area contributed by atoms with Gasteiger partial charge in [0.1, 0.15) is 11.0 Å². The van der Waals surface area contributed by atoms with Gasteiger partial charge in [0.05, 0.1) is 11.4 Å². The number of hydrogen-bond donors (Lipinski definition) is 2. The number of ether oxygens (including phenoxy) is 1. The molecule has 0 bridgehead atoms. The van der Waals surface area contributed by atoms with Crippen LogP contribution in [0.5, 0.6) is 0 Å². The second kappa shape index (κ2) is 8.43. The van der Waals surface area contributed by atoms with Crippen molar-refractivity contribution in [3.63, 3.8) is 0 Å². The van der Waals surface area contributed by atoms with Crippen LogP contribution >= 0.6 is 0 Å². The van der Waals surface area contributed by atoms with E-state index in [9.17, 15) is 9.59 Å². The standard InChI is InChI=1S/C26H33N3O3/c1-16(2)23-21-14-19(10-13-22(21)29(28-23)17(3)30)18-8-11-20(12-9-18)26(7,15-27)24(31)32-25(4,5)6/h8-14,28H,15,27H2,1-7H3. The van der Waals surface area contributed by atoms with Gasteiger partial charge in [0.2, 0.25) is 5.91 Å². The first-order valence-electron chi connectivity index (χ1n) is 10.8. The Hall–Kier alpha value is -3.12. The van der Waals surface area contributed by atoms with Gasteiger partial charge < -0.3 is 10.5 Å². The lowest BCUT2D eigenvalue weighted by molar-refractivity contribution is -0.161. The van der Waals surface area contributed by atoms with E-state index < -0.39 is 11.0 Å². The second-order valence-corrected chi connectivity index (χ2v) is 9.69. The number of hydrazine groups is 1. The molecule has 0 fully saturated rings. The van der Waals surface area contributed by atoms with Crippen molar-refractivity contribution in [2.75, 3.05) is 11.6 Å². The van der Waals surface area contributed by atoms with E-state index in [2.05, 4.69) is 11.5 Å². The van der Waals surface area contributed by atoms with E-state index in [1.54, 1.807) is 5.01 Å². The number of amides is 1. The summed E-state index contributed by atoms with van der Waals surface area (Å²) >= 11 is 0. The van der Waals surface area contributed by atoms with Gasteiger partial charge in [-0.2, -0.15) is 0 Å². The largest absolute Gasteiger partial charge is 0.459 e. The Balaban J connectivity index is 1.96. The molecule has 6 heteroatoms. The number of nitrogens with one attached hydrogen (secondary N) is 1. The highest BCUT2D eigenvalue weighted by Crippen LogP contribution is 2.37. The Kier molecular flexibility index (Phi) is 6.20. The molecule has 170 valence electrons. The van der Waals surface area contributed by atoms with Gasteiger partial charge in [-0.1, -0.05) is 35.9 Å². The van der Waals surface area contributed by atoms with Gasteiger partial charge in [-0.05, 0) is 70.4 Å². The molecule has 1 amide bonds. The van der Waals surface area contributed by atoms with E-state index in [1.165, 1.54) is 6.92 Å². The summed E-state index contributed by atoms with van der Waals surface area (Å²) in [5.74, 6) is -0.399. The van der Waals surface area contributed by atoms with E-state index in [0.29, 0.717) is 0 Å². The monoisotopic (exact) mass is 435 g/mol. The van der Waals surface area contributed by atoms with Crippen molar-refractivity contribution in [3.05, 3.63) is 59.2 Å². The first-order valence-corrected chi connectivity index (χ1v) is 10.8. The topological polar surface area (TPSA) is 84.7 Å². The highest BCUT2D eigenvalue weighted by atomic mass is 16.6. The molecule has 32 heavy (non-hydrogen) atoms. The lowest BCUT2D eigenvalue weighted by atomic mass is 9.81.